The molecule has 0 fully saturated rings. The van der Waals surface area contributed by atoms with E-state index in [1.54, 1.807) is 31.2 Å². The molecule has 0 saturated carbocycles. The Labute approximate surface area is 201 Å². The molecule has 0 heterocycles. The Balaban J connectivity index is 2.15. The monoisotopic (exact) mass is 493 g/mol. The first-order valence-corrected chi connectivity index (χ1v) is 13.1. The van der Waals surface area contributed by atoms with E-state index in [1.807, 2.05) is 38.1 Å². The summed E-state index contributed by atoms with van der Waals surface area (Å²) in [5, 5.41) is 3.26. The number of nitrogens with one attached hydrogen (secondary N) is 1. The van der Waals surface area contributed by atoms with Crippen LogP contribution in [-0.2, 0) is 26.2 Å². The highest BCUT2D eigenvalue weighted by atomic mass is 35.5. The Morgan fingerprint density at radius 3 is 2.30 bits per heavy atom. The molecule has 1 N–H and O–H groups in total. The zero-order valence-corrected chi connectivity index (χ0v) is 21.1. The van der Waals surface area contributed by atoms with Gasteiger partial charge < -0.3 is 10.2 Å². The van der Waals surface area contributed by atoms with E-state index >= 15 is 0 Å². The van der Waals surface area contributed by atoms with Gasteiger partial charge in [0.25, 0.3) is 0 Å². The molecular formula is C24H32ClN3O4S. The van der Waals surface area contributed by atoms with Crippen LogP contribution < -0.4 is 9.62 Å². The highest BCUT2D eigenvalue weighted by Crippen LogP contribution is 2.21. The van der Waals surface area contributed by atoms with E-state index in [9.17, 15) is 18.0 Å². The number of benzene rings is 2. The maximum absolute atomic E-state index is 13.2. The van der Waals surface area contributed by atoms with E-state index in [2.05, 4.69) is 5.32 Å². The number of carbonyl (C=O) groups excluding carboxylic acids is 2. The van der Waals surface area contributed by atoms with Gasteiger partial charge in [-0.2, -0.15) is 0 Å². The van der Waals surface area contributed by atoms with Gasteiger partial charge in [-0.1, -0.05) is 47.5 Å². The van der Waals surface area contributed by atoms with E-state index in [1.165, 1.54) is 9.21 Å². The van der Waals surface area contributed by atoms with Crippen molar-refractivity contribution in [3.63, 3.8) is 0 Å². The standard InChI is InChI=1S/C24H32ClN3O4S/c1-5-26-24(30)19(3)27(17-20-9-6-7-10-22(20)25)23(29)11-8-16-28(33(4,31)32)21-14-12-18(2)13-15-21/h6-7,9-10,12-15,19H,5,8,11,16-17H2,1-4H3,(H,26,30)/t19-/m0/s1. The van der Waals surface area contributed by atoms with Gasteiger partial charge in [0.05, 0.1) is 11.9 Å². The predicted octanol–water partition coefficient (Wildman–Crippen LogP) is 3.75. The normalized spacial score (nSPS) is 12.2. The van der Waals surface area contributed by atoms with Crippen LogP contribution >= 0.6 is 11.6 Å². The maximum atomic E-state index is 13.2. The molecule has 0 aromatic heterocycles. The summed E-state index contributed by atoms with van der Waals surface area (Å²) in [7, 11) is -3.51. The Kier molecular flexibility index (Phi) is 9.73. The molecule has 0 bridgehead atoms. The topological polar surface area (TPSA) is 86.8 Å². The summed E-state index contributed by atoms with van der Waals surface area (Å²) >= 11 is 6.28. The lowest BCUT2D eigenvalue weighted by molar-refractivity contribution is -0.140. The lowest BCUT2D eigenvalue weighted by Crippen LogP contribution is -2.47. The molecule has 7 nitrogen and oxygen atoms in total. The van der Waals surface area contributed by atoms with Gasteiger partial charge in [0, 0.05) is 31.1 Å². The van der Waals surface area contributed by atoms with Crippen molar-refractivity contribution < 1.29 is 18.0 Å². The molecule has 0 saturated heterocycles. The average molecular weight is 494 g/mol. The first-order chi connectivity index (χ1) is 15.5. The summed E-state index contributed by atoms with van der Waals surface area (Å²) in [6.45, 7) is 6.21. The molecule has 2 aromatic rings. The van der Waals surface area contributed by atoms with Gasteiger partial charge in [-0.25, -0.2) is 8.42 Å². The van der Waals surface area contributed by atoms with Gasteiger partial charge in [0.1, 0.15) is 6.04 Å². The summed E-state index contributed by atoms with van der Waals surface area (Å²) in [6.07, 6.45) is 1.54. The van der Waals surface area contributed by atoms with Crippen molar-refractivity contribution in [3.05, 3.63) is 64.7 Å². The number of anilines is 1. The van der Waals surface area contributed by atoms with E-state index in [0.29, 0.717) is 23.7 Å². The Morgan fingerprint density at radius 1 is 1.09 bits per heavy atom. The number of aryl methyl sites for hydroxylation is 1. The van der Waals surface area contributed by atoms with Crippen LogP contribution in [0.5, 0.6) is 0 Å². The smallest absolute Gasteiger partial charge is 0.242 e. The Hall–Kier alpha value is -2.58. The van der Waals surface area contributed by atoms with Crippen molar-refractivity contribution in [2.75, 3.05) is 23.7 Å². The van der Waals surface area contributed by atoms with E-state index in [4.69, 9.17) is 11.6 Å². The molecule has 33 heavy (non-hydrogen) atoms. The minimum absolute atomic E-state index is 0.0894. The quantitative estimate of drug-likeness (QED) is 0.516. The fourth-order valence-electron chi connectivity index (χ4n) is 3.43. The minimum Gasteiger partial charge on any atom is -0.355 e. The first kappa shape index (κ1) is 26.7. The second kappa shape index (κ2) is 12.0. The van der Waals surface area contributed by atoms with Gasteiger partial charge in [-0.3, -0.25) is 13.9 Å². The van der Waals surface area contributed by atoms with Gasteiger partial charge >= 0.3 is 0 Å². The molecule has 0 aliphatic carbocycles. The fourth-order valence-corrected chi connectivity index (χ4v) is 4.59. The van der Waals surface area contributed by atoms with E-state index < -0.39 is 16.1 Å². The number of rotatable bonds is 11. The molecule has 2 amide bonds. The number of amides is 2. The molecule has 0 aliphatic heterocycles. The molecule has 0 unspecified atom stereocenters. The van der Waals surface area contributed by atoms with Crippen LogP contribution in [0, 0.1) is 6.92 Å². The van der Waals surface area contributed by atoms with Crippen LogP contribution in [0.2, 0.25) is 5.02 Å². The zero-order valence-electron chi connectivity index (χ0n) is 19.5. The van der Waals surface area contributed by atoms with E-state index in [-0.39, 0.29) is 31.3 Å². The number of carbonyl (C=O) groups is 2. The number of hydrogen-bond acceptors (Lipinski definition) is 4. The second-order valence-electron chi connectivity index (χ2n) is 7.96. The fraction of sp³-hybridized carbons (Fsp3) is 0.417. The molecule has 0 aliphatic rings. The third-order valence-corrected chi connectivity index (χ3v) is 6.85. The van der Waals surface area contributed by atoms with Crippen LogP contribution in [-0.4, -0.2) is 50.5 Å². The van der Waals surface area contributed by atoms with Gasteiger partial charge in [0.15, 0.2) is 0 Å². The van der Waals surface area contributed by atoms with Gasteiger partial charge in [0.2, 0.25) is 21.8 Å². The molecule has 180 valence electrons. The third-order valence-electron chi connectivity index (χ3n) is 5.29. The number of hydrogen-bond donors (Lipinski definition) is 1. The highest BCUT2D eigenvalue weighted by molar-refractivity contribution is 7.92. The van der Waals surface area contributed by atoms with Crippen molar-refractivity contribution in [1.82, 2.24) is 10.2 Å². The summed E-state index contributed by atoms with van der Waals surface area (Å²) in [5.74, 6) is -0.499. The van der Waals surface area contributed by atoms with Gasteiger partial charge in [-0.05, 0) is 51.0 Å². The number of halogens is 1. The molecule has 2 rings (SSSR count). The highest BCUT2D eigenvalue weighted by Gasteiger charge is 2.26. The molecular weight excluding hydrogens is 462 g/mol. The third kappa shape index (κ3) is 7.75. The van der Waals surface area contributed by atoms with Crippen molar-refractivity contribution in [3.8, 4) is 0 Å². The molecule has 2 aromatic carbocycles. The Morgan fingerprint density at radius 2 is 1.73 bits per heavy atom. The second-order valence-corrected chi connectivity index (χ2v) is 10.3. The lowest BCUT2D eigenvalue weighted by Gasteiger charge is -2.29. The van der Waals surface area contributed by atoms with Crippen molar-refractivity contribution in [2.24, 2.45) is 0 Å². The largest absolute Gasteiger partial charge is 0.355 e. The van der Waals surface area contributed by atoms with Crippen molar-refractivity contribution in [2.45, 2.75) is 46.2 Å². The minimum atomic E-state index is -3.51. The van der Waals surface area contributed by atoms with Crippen LogP contribution in [0.25, 0.3) is 0 Å². The van der Waals surface area contributed by atoms with Crippen LogP contribution in [0.4, 0.5) is 5.69 Å². The SMILES string of the molecule is CCNC(=O)[C@H](C)N(Cc1ccccc1Cl)C(=O)CCCN(c1ccc(C)cc1)S(C)(=O)=O. The van der Waals surface area contributed by atoms with Crippen LogP contribution in [0.3, 0.4) is 0 Å². The lowest BCUT2D eigenvalue weighted by atomic mass is 10.1. The number of nitrogens with zero attached hydrogens (tertiary/aromatic N) is 2. The average Bonchev–Trinajstić information content (AvgIpc) is 2.75. The van der Waals surface area contributed by atoms with Gasteiger partial charge in [-0.15, -0.1) is 0 Å². The summed E-state index contributed by atoms with van der Waals surface area (Å²) in [4.78, 5) is 27.1. The summed E-state index contributed by atoms with van der Waals surface area (Å²) in [5.41, 5.74) is 2.32. The Bertz CT molecular complexity index is 1060. The van der Waals surface area contributed by atoms with Crippen LogP contribution in [0.1, 0.15) is 37.8 Å². The molecule has 1 atom stereocenters. The number of sulfonamides is 1. The molecule has 0 spiro atoms. The van der Waals surface area contributed by atoms with E-state index in [0.717, 1.165) is 17.4 Å². The molecule has 0 radical (unpaired) electrons. The predicted molar refractivity (Wildman–Crippen MR) is 133 cm³/mol. The maximum Gasteiger partial charge on any atom is 0.242 e. The van der Waals surface area contributed by atoms with Crippen LogP contribution in [0.15, 0.2) is 48.5 Å². The van der Waals surface area contributed by atoms with Crippen molar-refractivity contribution in [1.29, 1.82) is 0 Å². The molecule has 9 heteroatoms. The summed E-state index contributed by atoms with van der Waals surface area (Å²) < 4.78 is 26.0. The van der Waals surface area contributed by atoms with Crippen molar-refractivity contribution >= 4 is 39.1 Å². The zero-order chi connectivity index (χ0) is 24.6. The first-order valence-electron chi connectivity index (χ1n) is 10.9. The summed E-state index contributed by atoms with van der Waals surface area (Å²) in [6, 6.07) is 13.7. The number of likely N-dealkylation sites (N-methyl/N-ethyl adjacent to an activating group) is 1.